The van der Waals surface area contributed by atoms with Gasteiger partial charge in [-0.25, -0.2) is 0 Å². The summed E-state index contributed by atoms with van der Waals surface area (Å²) in [6.07, 6.45) is 14.5. The van der Waals surface area contributed by atoms with E-state index in [0.29, 0.717) is 0 Å². The smallest absolute Gasteiger partial charge is 0.0322 e. The number of hydrogen-bond donors (Lipinski definition) is 0. The summed E-state index contributed by atoms with van der Waals surface area (Å²) in [5.41, 5.74) is 0. The van der Waals surface area contributed by atoms with Crippen LogP contribution in [0.25, 0.3) is 0 Å². The Hall–Kier alpha value is -0.260. The van der Waals surface area contributed by atoms with Crippen molar-refractivity contribution in [2.45, 2.75) is 51.9 Å². The molecule has 11 heavy (non-hydrogen) atoms. The third kappa shape index (κ3) is 5.06. The molecule has 0 heteroatoms. The summed E-state index contributed by atoms with van der Waals surface area (Å²) in [6, 6.07) is 0. The van der Waals surface area contributed by atoms with E-state index in [2.05, 4.69) is 19.1 Å². The van der Waals surface area contributed by atoms with Gasteiger partial charge in [0.2, 0.25) is 0 Å². The van der Waals surface area contributed by atoms with Gasteiger partial charge in [0.1, 0.15) is 0 Å². The van der Waals surface area contributed by atoms with Crippen LogP contribution in [0.15, 0.2) is 12.2 Å². The van der Waals surface area contributed by atoms with Gasteiger partial charge in [-0.05, 0) is 38.0 Å². The summed E-state index contributed by atoms with van der Waals surface area (Å²) < 4.78 is 0. The lowest BCUT2D eigenvalue weighted by atomic mass is 10.2. The van der Waals surface area contributed by atoms with E-state index in [1.54, 1.807) is 0 Å². The monoisotopic (exact) mass is 152 g/mol. The van der Waals surface area contributed by atoms with Gasteiger partial charge in [0.15, 0.2) is 0 Å². The van der Waals surface area contributed by atoms with Crippen molar-refractivity contribution in [3.05, 3.63) is 12.2 Å². The fraction of sp³-hybridized carbons (Fsp3) is 0.818. The lowest BCUT2D eigenvalue weighted by molar-refractivity contribution is 0.726. The molecular formula is C11H20. The summed E-state index contributed by atoms with van der Waals surface area (Å²) in [4.78, 5) is 0. The van der Waals surface area contributed by atoms with Crippen molar-refractivity contribution >= 4 is 0 Å². The van der Waals surface area contributed by atoms with Gasteiger partial charge in [-0.2, -0.15) is 0 Å². The predicted molar refractivity (Wildman–Crippen MR) is 50.6 cm³/mol. The van der Waals surface area contributed by atoms with Gasteiger partial charge in [0.05, 0.1) is 0 Å². The van der Waals surface area contributed by atoms with Gasteiger partial charge in [-0.15, -0.1) is 0 Å². The fourth-order valence-electron chi connectivity index (χ4n) is 1.27. The molecule has 1 saturated carbocycles. The maximum atomic E-state index is 2.38. The summed E-state index contributed by atoms with van der Waals surface area (Å²) in [5.74, 6) is 1.07. The molecule has 0 bridgehead atoms. The molecule has 0 atom stereocenters. The molecule has 0 aromatic heterocycles. The Bertz CT molecular complexity index is 109. The molecule has 0 spiro atoms. The molecule has 1 fully saturated rings. The Morgan fingerprint density at radius 1 is 1.18 bits per heavy atom. The Kier molecular flexibility index (Phi) is 4.33. The molecule has 64 valence electrons. The first kappa shape index (κ1) is 8.83. The second kappa shape index (κ2) is 5.40. The maximum absolute atomic E-state index is 2.38. The highest BCUT2D eigenvalue weighted by Gasteiger charge is 2.18. The summed E-state index contributed by atoms with van der Waals surface area (Å²) in [5, 5.41) is 0. The van der Waals surface area contributed by atoms with Crippen molar-refractivity contribution < 1.29 is 0 Å². The standard InChI is InChI=1S/C11H20/c1-2-3-4-5-6-7-8-11-9-10-11/h6-7,11H,2-5,8-10H2,1H3/b7-6+. The summed E-state index contributed by atoms with van der Waals surface area (Å²) in [6.45, 7) is 2.26. The molecule has 1 aliphatic carbocycles. The third-order valence-electron chi connectivity index (χ3n) is 2.31. The topological polar surface area (TPSA) is 0 Å². The molecule has 0 saturated heterocycles. The first-order chi connectivity index (χ1) is 5.43. The van der Waals surface area contributed by atoms with Crippen LogP contribution in [0.4, 0.5) is 0 Å². The largest absolute Gasteiger partial charge is 0.0885 e. The average molecular weight is 152 g/mol. The van der Waals surface area contributed by atoms with E-state index >= 15 is 0 Å². The van der Waals surface area contributed by atoms with Crippen molar-refractivity contribution in [1.29, 1.82) is 0 Å². The van der Waals surface area contributed by atoms with Crippen LogP contribution in [0.2, 0.25) is 0 Å². The molecule has 0 unspecified atom stereocenters. The van der Waals surface area contributed by atoms with Crippen molar-refractivity contribution in [2.24, 2.45) is 5.92 Å². The molecule has 1 aliphatic rings. The minimum Gasteiger partial charge on any atom is -0.0885 e. The quantitative estimate of drug-likeness (QED) is 0.399. The number of allylic oxidation sites excluding steroid dienone is 2. The molecule has 0 amide bonds. The SMILES string of the molecule is CCCCC/C=C/CC1CC1. The molecule has 0 N–H and O–H groups in total. The average Bonchev–Trinajstić information content (AvgIpc) is 2.80. The minimum absolute atomic E-state index is 1.07. The highest BCUT2D eigenvalue weighted by atomic mass is 14.2. The van der Waals surface area contributed by atoms with Gasteiger partial charge in [-0.1, -0.05) is 31.9 Å². The minimum atomic E-state index is 1.07. The van der Waals surface area contributed by atoms with Gasteiger partial charge >= 0.3 is 0 Å². The second-order valence-electron chi connectivity index (χ2n) is 3.65. The Morgan fingerprint density at radius 2 is 2.00 bits per heavy atom. The lowest BCUT2D eigenvalue weighted by Gasteiger charge is -1.91. The van der Waals surface area contributed by atoms with Crippen LogP contribution in [0.5, 0.6) is 0 Å². The van der Waals surface area contributed by atoms with Crippen LogP contribution >= 0.6 is 0 Å². The summed E-state index contributed by atoms with van der Waals surface area (Å²) in [7, 11) is 0. The van der Waals surface area contributed by atoms with Crippen molar-refractivity contribution in [3.8, 4) is 0 Å². The van der Waals surface area contributed by atoms with Gasteiger partial charge in [0.25, 0.3) is 0 Å². The van der Waals surface area contributed by atoms with E-state index in [1.807, 2.05) is 0 Å². The molecular weight excluding hydrogens is 132 g/mol. The predicted octanol–water partition coefficient (Wildman–Crippen LogP) is 3.92. The maximum Gasteiger partial charge on any atom is -0.0322 e. The summed E-state index contributed by atoms with van der Waals surface area (Å²) >= 11 is 0. The first-order valence-electron chi connectivity index (χ1n) is 5.08. The fourth-order valence-corrected chi connectivity index (χ4v) is 1.27. The Balaban J connectivity index is 1.80. The highest BCUT2D eigenvalue weighted by molar-refractivity contribution is 4.88. The zero-order chi connectivity index (χ0) is 7.94. The molecule has 0 radical (unpaired) electrons. The van der Waals surface area contributed by atoms with Crippen LogP contribution in [-0.4, -0.2) is 0 Å². The van der Waals surface area contributed by atoms with Crippen LogP contribution in [0.3, 0.4) is 0 Å². The van der Waals surface area contributed by atoms with Crippen LogP contribution in [-0.2, 0) is 0 Å². The Morgan fingerprint density at radius 3 is 2.64 bits per heavy atom. The lowest BCUT2D eigenvalue weighted by Crippen LogP contribution is -1.72. The van der Waals surface area contributed by atoms with Crippen LogP contribution < -0.4 is 0 Å². The van der Waals surface area contributed by atoms with E-state index in [4.69, 9.17) is 0 Å². The van der Waals surface area contributed by atoms with Crippen molar-refractivity contribution in [3.63, 3.8) is 0 Å². The van der Waals surface area contributed by atoms with Crippen molar-refractivity contribution in [2.75, 3.05) is 0 Å². The van der Waals surface area contributed by atoms with Gasteiger partial charge in [0, 0.05) is 0 Å². The normalized spacial score (nSPS) is 17.9. The zero-order valence-electron chi connectivity index (χ0n) is 7.68. The van der Waals surface area contributed by atoms with Crippen LogP contribution in [0.1, 0.15) is 51.9 Å². The number of unbranched alkanes of at least 4 members (excludes halogenated alkanes) is 3. The van der Waals surface area contributed by atoms with E-state index < -0.39 is 0 Å². The molecule has 0 heterocycles. The molecule has 0 aromatic carbocycles. The van der Waals surface area contributed by atoms with E-state index in [-0.39, 0.29) is 0 Å². The molecule has 0 aliphatic heterocycles. The molecule has 0 aromatic rings. The number of rotatable bonds is 6. The zero-order valence-corrected chi connectivity index (χ0v) is 7.68. The van der Waals surface area contributed by atoms with E-state index in [1.165, 1.54) is 44.9 Å². The number of hydrogen-bond acceptors (Lipinski definition) is 0. The highest BCUT2D eigenvalue weighted by Crippen LogP contribution is 2.32. The van der Waals surface area contributed by atoms with Gasteiger partial charge < -0.3 is 0 Å². The van der Waals surface area contributed by atoms with E-state index in [0.717, 1.165) is 5.92 Å². The first-order valence-corrected chi connectivity index (χ1v) is 5.08. The third-order valence-corrected chi connectivity index (χ3v) is 2.31. The Labute approximate surface area is 70.7 Å². The van der Waals surface area contributed by atoms with Crippen LogP contribution in [0, 0.1) is 5.92 Å². The van der Waals surface area contributed by atoms with Gasteiger partial charge in [-0.3, -0.25) is 0 Å². The van der Waals surface area contributed by atoms with Crippen molar-refractivity contribution in [1.82, 2.24) is 0 Å². The van der Waals surface area contributed by atoms with E-state index in [9.17, 15) is 0 Å². The molecule has 1 rings (SSSR count). The second-order valence-corrected chi connectivity index (χ2v) is 3.65. The molecule has 0 nitrogen and oxygen atoms in total.